The Morgan fingerprint density at radius 2 is 1.50 bits per heavy atom. The van der Waals surface area contributed by atoms with Crippen molar-refractivity contribution in [3.05, 3.63) is 35.9 Å². The van der Waals surface area contributed by atoms with Gasteiger partial charge < -0.3 is 9.31 Å². The van der Waals surface area contributed by atoms with Crippen molar-refractivity contribution in [2.75, 3.05) is 0 Å². The monoisotopic (exact) mass is 246 g/mol. The van der Waals surface area contributed by atoms with Crippen molar-refractivity contribution in [1.82, 2.24) is 0 Å². The van der Waals surface area contributed by atoms with E-state index in [1.54, 1.807) is 0 Å². The molecule has 1 saturated heterocycles. The minimum Gasteiger partial charge on any atom is -0.403 e. The van der Waals surface area contributed by atoms with Crippen molar-refractivity contribution in [3.63, 3.8) is 0 Å². The molecule has 0 unspecified atom stereocenters. The molecule has 0 aromatic heterocycles. The van der Waals surface area contributed by atoms with Gasteiger partial charge >= 0.3 is 7.12 Å². The fourth-order valence-corrected chi connectivity index (χ4v) is 2.20. The van der Waals surface area contributed by atoms with E-state index in [1.165, 1.54) is 5.56 Å². The molecule has 1 aliphatic heterocycles. The summed E-state index contributed by atoms with van der Waals surface area (Å²) in [6.45, 7) is 10.6. The Kier molecular flexibility index (Phi) is 3.57. The topological polar surface area (TPSA) is 18.5 Å². The summed E-state index contributed by atoms with van der Waals surface area (Å²) < 4.78 is 12.2. The predicted molar refractivity (Wildman–Crippen MR) is 75.7 cm³/mol. The van der Waals surface area contributed by atoms with Gasteiger partial charge in [0.15, 0.2) is 0 Å². The minimum atomic E-state index is -0.234. The third-order valence-corrected chi connectivity index (χ3v) is 4.14. The molecule has 1 aromatic rings. The fourth-order valence-electron chi connectivity index (χ4n) is 2.20. The summed E-state index contributed by atoms with van der Waals surface area (Å²) in [5.41, 5.74) is 0.866. The highest BCUT2D eigenvalue weighted by molar-refractivity contribution is 6.47. The fraction of sp³-hybridized carbons (Fsp3) is 0.600. The zero-order valence-corrected chi connectivity index (χ0v) is 12.1. The van der Waals surface area contributed by atoms with Crippen LogP contribution in [0.4, 0.5) is 0 Å². The molecular formula is C15H23BO2. The molecule has 2 nitrogen and oxygen atoms in total. The van der Waals surface area contributed by atoms with E-state index in [1.807, 2.05) is 6.07 Å². The molecule has 18 heavy (non-hydrogen) atoms. The molecule has 2 rings (SSSR count). The van der Waals surface area contributed by atoms with Crippen LogP contribution < -0.4 is 0 Å². The Hall–Kier alpha value is -0.795. The van der Waals surface area contributed by atoms with Gasteiger partial charge in [-0.2, -0.15) is 0 Å². The van der Waals surface area contributed by atoms with Crippen molar-refractivity contribution in [3.8, 4) is 0 Å². The second kappa shape index (κ2) is 4.71. The standard InChI is InChI=1S/C15H23BO2/c1-12(11-13-9-7-6-8-10-13)16-17-14(2,3)15(4,5)18-16/h6-10,12H,11H2,1-5H3/t12-/m1/s1. The Balaban J connectivity index is 2.02. The molecule has 0 radical (unpaired) electrons. The summed E-state index contributed by atoms with van der Waals surface area (Å²) in [4.78, 5) is 0. The van der Waals surface area contributed by atoms with E-state index >= 15 is 0 Å². The lowest BCUT2D eigenvalue weighted by atomic mass is 9.70. The lowest BCUT2D eigenvalue weighted by Gasteiger charge is -2.32. The van der Waals surface area contributed by atoms with Crippen LogP contribution in [-0.4, -0.2) is 18.3 Å². The van der Waals surface area contributed by atoms with E-state index in [9.17, 15) is 0 Å². The van der Waals surface area contributed by atoms with Crippen LogP contribution in [0.1, 0.15) is 40.2 Å². The van der Waals surface area contributed by atoms with Gasteiger partial charge in [0, 0.05) is 0 Å². The van der Waals surface area contributed by atoms with Gasteiger partial charge in [0.1, 0.15) is 0 Å². The Morgan fingerprint density at radius 3 is 2.00 bits per heavy atom. The summed E-state index contributed by atoms with van der Waals surface area (Å²) in [5.74, 6) is 0.355. The molecule has 1 atom stereocenters. The smallest absolute Gasteiger partial charge is 0.403 e. The molecule has 1 aromatic carbocycles. The highest BCUT2D eigenvalue weighted by Gasteiger charge is 2.52. The molecule has 3 heteroatoms. The third-order valence-electron chi connectivity index (χ3n) is 4.14. The molecule has 1 fully saturated rings. The van der Waals surface area contributed by atoms with Crippen LogP contribution in [0.3, 0.4) is 0 Å². The first-order valence-electron chi connectivity index (χ1n) is 6.71. The van der Waals surface area contributed by atoms with Crippen molar-refractivity contribution in [1.29, 1.82) is 0 Å². The zero-order chi connectivity index (χ0) is 13.4. The van der Waals surface area contributed by atoms with Crippen molar-refractivity contribution in [2.24, 2.45) is 0 Å². The van der Waals surface area contributed by atoms with Gasteiger partial charge in [-0.25, -0.2) is 0 Å². The lowest BCUT2D eigenvalue weighted by Crippen LogP contribution is -2.41. The Bertz CT molecular complexity index is 384. The number of rotatable bonds is 3. The summed E-state index contributed by atoms with van der Waals surface area (Å²) in [6.07, 6.45) is 0.984. The average Bonchev–Trinajstić information content (AvgIpc) is 2.50. The van der Waals surface area contributed by atoms with Crippen LogP contribution in [0.15, 0.2) is 30.3 Å². The first-order chi connectivity index (χ1) is 8.32. The minimum absolute atomic E-state index is 0.116. The normalized spacial score (nSPS) is 23.1. The van der Waals surface area contributed by atoms with Crippen molar-refractivity contribution < 1.29 is 9.31 Å². The van der Waals surface area contributed by atoms with Crippen molar-refractivity contribution >= 4 is 7.12 Å². The summed E-state index contributed by atoms with van der Waals surface area (Å²) >= 11 is 0. The maximum absolute atomic E-state index is 6.08. The van der Waals surface area contributed by atoms with Gasteiger partial charge in [0.2, 0.25) is 0 Å². The maximum atomic E-state index is 6.08. The first-order valence-corrected chi connectivity index (χ1v) is 6.71. The number of hydrogen-bond acceptors (Lipinski definition) is 2. The van der Waals surface area contributed by atoms with E-state index in [0.29, 0.717) is 5.82 Å². The van der Waals surface area contributed by atoms with Gasteiger partial charge in [-0.15, -0.1) is 0 Å². The van der Waals surface area contributed by atoms with Gasteiger partial charge in [0.05, 0.1) is 11.2 Å². The van der Waals surface area contributed by atoms with Crippen LogP contribution >= 0.6 is 0 Å². The average molecular weight is 246 g/mol. The van der Waals surface area contributed by atoms with E-state index in [-0.39, 0.29) is 18.3 Å². The molecule has 0 bridgehead atoms. The predicted octanol–water partition coefficient (Wildman–Crippen LogP) is 3.71. The van der Waals surface area contributed by atoms with Crippen LogP contribution in [0, 0.1) is 0 Å². The molecule has 0 saturated carbocycles. The molecule has 98 valence electrons. The Labute approximate surface area is 111 Å². The highest BCUT2D eigenvalue weighted by atomic mass is 16.7. The molecule has 1 aliphatic rings. The van der Waals surface area contributed by atoms with E-state index < -0.39 is 0 Å². The van der Waals surface area contributed by atoms with Crippen LogP contribution in [0.25, 0.3) is 0 Å². The zero-order valence-electron chi connectivity index (χ0n) is 12.1. The van der Waals surface area contributed by atoms with Crippen LogP contribution in [-0.2, 0) is 15.7 Å². The lowest BCUT2D eigenvalue weighted by molar-refractivity contribution is 0.00578. The highest BCUT2D eigenvalue weighted by Crippen LogP contribution is 2.40. The van der Waals surface area contributed by atoms with Crippen LogP contribution in [0.2, 0.25) is 5.82 Å². The molecule has 1 heterocycles. The van der Waals surface area contributed by atoms with Gasteiger partial charge in [-0.3, -0.25) is 0 Å². The SMILES string of the molecule is C[C@H](Cc1ccccc1)B1OC(C)(C)C(C)(C)O1. The molecular weight excluding hydrogens is 223 g/mol. The van der Waals surface area contributed by atoms with Crippen molar-refractivity contribution in [2.45, 2.75) is 58.1 Å². The van der Waals surface area contributed by atoms with Crippen LogP contribution in [0.5, 0.6) is 0 Å². The molecule has 0 N–H and O–H groups in total. The maximum Gasteiger partial charge on any atom is 0.461 e. The number of benzene rings is 1. The second-order valence-electron chi connectivity index (χ2n) is 6.29. The van der Waals surface area contributed by atoms with E-state index in [0.717, 1.165) is 6.42 Å². The largest absolute Gasteiger partial charge is 0.461 e. The third kappa shape index (κ3) is 2.62. The first kappa shape index (κ1) is 13.6. The van der Waals surface area contributed by atoms with Gasteiger partial charge in [-0.05, 0) is 45.5 Å². The molecule has 0 aliphatic carbocycles. The van der Waals surface area contributed by atoms with Gasteiger partial charge in [-0.1, -0.05) is 37.3 Å². The summed E-state index contributed by atoms with van der Waals surface area (Å²) in [6, 6.07) is 10.5. The van der Waals surface area contributed by atoms with E-state index in [2.05, 4.69) is 58.9 Å². The molecule has 0 amide bonds. The summed E-state index contributed by atoms with van der Waals surface area (Å²) in [7, 11) is -0.116. The second-order valence-corrected chi connectivity index (χ2v) is 6.29. The van der Waals surface area contributed by atoms with Gasteiger partial charge in [0.25, 0.3) is 0 Å². The number of hydrogen-bond donors (Lipinski definition) is 0. The molecule has 0 spiro atoms. The quantitative estimate of drug-likeness (QED) is 0.757. The Morgan fingerprint density at radius 1 is 1.00 bits per heavy atom. The summed E-state index contributed by atoms with van der Waals surface area (Å²) in [5, 5.41) is 0. The van der Waals surface area contributed by atoms with E-state index in [4.69, 9.17) is 9.31 Å².